The van der Waals surface area contributed by atoms with Crippen molar-refractivity contribution in [1.82, 2.24) is 10.2 Å². The fourth-order valence-electron chi connectivity index (χ4n) is 2.20. The van der Waals surface area contributed by atoms with Crippen LogP contribution in [0.4, 0.5) is 0 Å². The average Bonchev–Trinajstić information content (AvgIpc) is 2.34. The quantitative estimate of drug-likeness (QED) is 0.586. The summed E-state index contributed by atoms with van der Waals surface area (Å²) < 4.78 is 0. The average molecular weight is 268 g/mol. The van der Waals surface area contributed by atoms with E-state index in [2.05, 4.69) is 5.32 Å². The van der Waals surface area contributed by atoms with E-state index in [4.69, 9.17) is 0 Å². The molecule has 5 heteroatoms. The van der Waals surface area contributed by atoms with E-state index in [0.717, 1.165) is 6.42 Å². The molecule has 1 saturated heterocycles. The molecule has 5 nitrogen and oxygen atoms in total. The normalized spacial score (nSPS) is 22.8. The molecule has 2 N–H and O–H groups in total. The molecule has 108 valence electrons. The lowest BCUT2D eigenvalue weighted by Gasteiger charge is -2.37. The first kappa shape index (κ1) is 15.7. The molecule has 0 radical (unpaired) electrons. The van der Waals surface area contributed by atoms with Gasteiger partial charge in [-0.15, -0.1) is 0 Å². The third-order valence-electron chi connectivity index (χ3n) is 3.32. The molecule has 0 aromatic carbocycles. The summed E-state index contributed by atoms with van der Waals surface area (Å²) in [6.45, 7) is 6.67. The number of aliphatic hydroxyl groups is 1. The molecule has 0 unspecified atom stereocenters. The number of hydrogen-bond donors (Lipinski definition) is 2. The number of allylic oxidation sites excluding steroid dienone is 1. The summed E-state index contributed by atoms with van der Waals surface area (Å²) in [5, 5.41) is 13.1. The highest BCUT2D eigenvalue weighted by atomic mass is 16.3. The van der Waals surface area contributed by atoms with E-state index in [1.54, 1.807) is 0 Å². The Bertz CT molecular complexity index is 375. The predicted octanol–water partition coefficient (Wildman–Crippen LogP) is 0.832. The third kappa shape index (κ3) is 4.67. The van der Waals surface area contributed by atoms with Crippen LogP contribution in [0.25, 0.3) is 0 Å². The summed E-state index contributed by atoms with van der Waals surface area (Å²) >= 11 is 0. The number of carbonyl (C=O) groups is 2. The van der Waals surface area contributed by atoms with Gasteiger partial charge in [-0.05, 0) is 33.1 Å². The fourth-order valence-corrected chi connectivity index (χ4v) is 2.20. The van der Waals surface area contributed by atoms with E-state index < -0.39 is 5.60 Å². The molecule has 1 rings (SSSR count). The fraction of sp³-hybridized carbons (Fsp3) is 0.714. The monoisotopic (exact) mass is 268 g/mol. The van der Waals surface area contributed by atoms with E-state index in [0.29, 0.717) is 25.9 Å². The van der Waals surface area contributed by atoms with Gasteiger partial charge in [-0.25, -0.2) is 0 Å². The van der Waals surface area contributed by atoms with Gasteiger partial charge in [0.15, 0.2) is 5.60 Å². The number of carbonyl (C=O) groups excluding carboxylic acids is 2. The predicted molar refractivity (Wildman–Crippen MR) is 73.5 cm³/mol. The topological polar surface area (TPSA) is 69.6 Å². The molecule has 1 fully saturated rings. The summed E-state index contributed by atoms with van der Waals surface area (Å²) in [4.78, 5) is 24.9. The van der Waals surface area contributed by atoms with Crippen molar-refractivity contribution in [2.24, 2.45) is 0 Å². The van der Waals surface area contributed by atoms with Gasteiger partial charge in [-0.3, -0.25) is 9.59 Å². The van der Waals surface area contributed by atoms with Gasteiger partial charge in [-0.1, -0.05) is 11.6 Å². The van der Waals surface area contributed by atoms with Crippen LogP contribution < -0.4 is 5.32 Å². The minimum absolute atomic E-state index is 0.0941. The molecule has 0 aromatic rings. The standard InChI is InChI=1S/C14H24N2O3/c1-11(2)6-4-8-15-13(18)14(19)7-5-9-16(10-14)12(3)17/h6,19H,4-5,7-10H2,1-3H3,(H,15,18)/t14-/m1/s1. The molecule has 19 heavy (non-hydrogen) atoms. The zero-order chi connectivity index (χ0) is 14.5. The van der Waals surface area contributed by atoms with Crippen LogP contribution in [0, 0.1) is 0 Å². The molecular formula is C14H24N2O3. The van der Waals surface area contributed by atoms with Crippen molar-refractivity contribution in [3.63, 3.8) is 0 Å². The lowest BCUT2D eigenvalue weighted by Crippen LogP contribution is -2.58. The molecule has 1 atom stereocenters. The van der Waals surface area contributed by atoms with Gasteiger partial charge in [0.05, 0.1) is 6.54 Å². The van der Waals surface area contributed by atoms with E-state index in [1.165, 1.54) is 17.4 Å². The molecule has 0 bridgehead atoms. The van der Waals surface area contributed by atoms with Crippen LogP contribution in [0.1, 0.15) is 40.0 Å². The SMILES string of the molecule is CC(=O)N1CCC[C@](O)(C(=O)NCCC=C(C)C)C1. The van der Waals surface area contributed by atoms with Gasteiger partial charge in [0, 0.05) is 20.0 Å². The summed E-state index contributed by atoms with van der Waals surface area (Å²) in [6, 6.07) is 0. The first-order valence-electron chi connectivity index (χ1n) is 6.75. The van der Waals surface area contributed by atoms with E-state index in [-0.39, 0.29) is 18.4 Å². The van der Waals surface area contributed by atoms with Crippen molar-refractivity contribution in [1.29, 1.82) is 0 Å². The second kappa shape index (κ2) is 6.70. The zero-order valence-corrected chi connectivity index (χ0v) is 12.0. The Balaban J connectivity index is 2.49. The van der Waals surface area contributed by atoms with Crippen LogP contribution in [-0.2, 0) is 9.59 Å². The number of rotatable bonds is 4. The van der Waals surface area contributed by atoms with Gasteiger partial charge in [0.1, 0.15) is 0 Å². The first-order chi connectivity index (χ1) is 8.85. The van der Waals surface area contributed by atoms with Crippen molar-refractivity contribution in [2.75, 3.05) is 19.6 Å². The summed E-state index contributed by atoms with van der Waals surface area (Å²) in [5.74, 6) is -0.476. The molecule has 1 aliphatic rings. The first-order valence-corrected chi connectivity index (χ1v) is 6.75. The molecular weight excluding hydrogens is 244 g/mol. The summed E-state index contributed by atoms with van der Waals surface area (Å²) in [5.41, 5.74) is -0.233. The number of nitrogens with zero attached hydrogens (tertiary/aromatic N) is 1. The minimum atomic E-state index is -1.44. The molecule has 2 amide bonds. The number of amides is 2. The summed E-state index contributed by atoms with van der Waals surface area (Å²) in [7, 11) is 0. The smallest absolute Gasteiger partial charge is 0.253 e. The Morgan fingerprint density at radius 1 is 1.37 bits per heavy atom. The van der Waals surface area contributed by atoms with Gasteiger partial charge < -0.3 is 15.3 Å². The van der Waals surface area contributed by atoms with Gasteiger partial charge in [0.2, 0.25) is 5.91 Å². The Hall–Kier alpha value is -1.36. The van der Waals surface area contributed by atoms with Crippen LogP contribution in [0.15, 0.2) is 11.6 Å². The highest BCUT2D eigenvalue weighted by Gasteiger charge is 2.40. The van der Waals surface area contributed by atoms with Crippen LogP contribution in [0.3, 0.4) is 0 Å². The Morgan fingerprint density at radius 3 is 2.63 bits per heavy atom. The maximum absolute atomic E-state index is 12.0. The zero-order valence-electron chi connectivity index (χ0n) is 12.0. The van der Waals surface area contributed by atoms with Crippen molar-refractivity contribution in [2.45, 2.75) is 45.6 Å². The van der Waals surface area contributed by atoms with Crippen LogP contribution >= 0.6 is 0 Å². The van der Waals surface area contributed by atoms with Crippen LogP contribution in [-0.4, -0.2) is 47.1 Å². The van der Waals surface area contributed by atoms with E-state index in [1.807, 2.05) is 19.9 Å². The van der Waals surface area contributed by atoms with Crippen molar-refractivity contribution >= 4 is 11.8 Å². The summed E-state index contributed by atoms with van der Waals surface area (Å²) in [6.07, 6.45) is 3.84. The Kier molecular flexibility index (Phi) is 5.54. The maximum atomic E-state index is 12.0. The van der Waals surface area contributed by atoms with Crippen LogP contribution in [0.2, 0.25) is 0 Å². The third-order valence-corrected chi connectivity index (χ3v) is 3.32. The minimum Gasteiger partial charge on any atom is -0.378 e. The van der Waals surface area contributed by atoms with Gasteiger partial charge >= 0.3 is 0 Å². The Morgan fingerprint density at radius 2 is 2.05 bits per heavy atom. The molecule has 0 aromatic heterocycles. The number of nitrogens with one attached hydrogen (secondary N) is 1. The second-order valence-corrected chi connectivity index (χ2v) is 5.40. The number of hydrogen-bond acceptors (Lipinski definition) is 3. The van der Waals surface area contributed by atoms with Gasteiger partial charge in [0.25, 0.3) is 5.91 Å². The Labute approximate surface area is 114 Å². The molecule has 0 spiro atoms. The highest BCUT2D eigenvalue weighted by molar-refractivity contribution is 5.86. The number of β-amino-alcohol motifs (C(OH)–C–C–N with tert-alkyl or cyclic N) is 1. The maximum Gasteiger partial charge on any atom is 0.253 e. The van der Waals surface area contributed by atoms with Crippen LogP contribution in [0.5, 0.6) is 0 Å². The van der Waals surface area contributed by atoms with Crippen molar-refractivity contribution in [3.05, 3.63) is 11.6 Å². The molecule has 1 heterocycles. The second-order valence-electron chi connectivity index (χ2n) is 5.40. The lowest BCUT2D eigenvalue weighted by atomic mass is 9.92. The molecule has 0 saturated carbocycles. The lowest BCUT2D eigenvalue weighted by molar-refractivity contribution is -0.150. The van der Waals surface area contributed by atoms with Gasteiger partial charge in [-0.2, -0.15) is 0 Å². The largest absolute Gasteiger partial charge is 0.378 e. The van der Waals surface area contributed by atoms with E-state index in [9.17, 15) is 14.7 Å². The number of likely N-dealkylation sites (tertiary alicyclic amines) is 1. The molecule has 1 aliphatic heterocycles. The van der Waals surface area contributed by atoms with Crippen molar-refractivity contribution < 1.29 is 14.7 Å². The van der Waals surface area contributed by atoms with E-state index >= 15 is 0 Å². The van der Waals surface area contributed by atoms with Crippen molar-refractivity contribution in [3.8, 4) is 0 Å². The number of piperidine rings is 1. The molecule has 0 aliphatic carbocycles. The highest BCUT2D eigenvalue weighted by Crippen LogP contribution is 2.21.